The molecule has 2 saturated heterocycles. The zero-order valence-electron chi connectivity index (χ0n) is 14.8. The Morgan fingerprint density at radius 1 is 1.19 bits per heavy atom. The van der Waals surface area contributed by atoms with Crippen molar-refractivity contribution in [2.45, 2.75) is 12.8 Å². The Morgan fingerprint density at radius 2 is 2.04 bits per heavy atom. The molecule has 7 nitrogen and oxygen atoms in total. The van der Waals surface area contributed by atoms with Crippen LogP contribution in [-0.2, 0) is 4.74 Å². The first-order valence-corrected chi connectivity index (χ1v) is 9.29. The molecule has 138 valence electrons. The highest BCUT2D eigenvalue weighted by molar-refractivity contribution is 5.82. The normalized spacial score (nSPS) is 21.8. The van der Waals surface area contributed by atoms with Gasteiger partial charge in [-0.2, -0.15) is 0 Å². The Kier molecular flexibility index (Phi) is 4.99. The molecule has 1 aromatic carbocycles. The molecule has 2 fully saturated rings. The highest BCUT2D eigenvalue weighted by atomic mass is 16.6. The maximum absolute atomic E-state index is 10.9. The molecule has 1 unspecified atom stereocenters. The van der Waals surface area contributed by atoms with E-state index in [2.05, 4.69) is 9.80 Å². The largest absolute Gasteiger partial charge is 0.379 e. The van der Waals surface area contributed by atoms with Gasteiger partial charge in [-0.05, 0) is 37.0 Å². The molecule has 0 bridgehead atoms. The minimum atomic E-state index is -0.367. The van der Waals surface area contributed by atoms with E-state index in [1.807, 2.05) is 12.1 Å². The fraction of sp³-hybridized carbons (Fsp3) is 0.526. The quantitative estimate of drug-likeness (QED) is 0.620. The van der Waals surface area contributed by atoms with Crippen LogP contribution in [0.2, 0.25) is 0 Å². The van der Waals surface area contributed by atoms with Crippen LogP contribution in [-0.4, -0.2) is 60.7 Å². The van der Waals surface area contributed by atoms with Crippen molar-refractivity contribution >= 4 is 22.4 Å². The average molecular weight is 356 g/mol. The summed E-state index contributed by atoms with van der Waals surface area (Å²) in [7, 11) is 0. The number of nitro groups is 1. The lowest BCUT2D eigenvalue weighted by Crippen LogP contribution is -2.44. The fourth-order valence-electron chi connectivity index (χ4n) is 3.96. The summed E-state index contributed by atoms with van der Waals surface area (Å²) >= 11 is 0. The van der Waals surface area contributed by atoms with Gasteiger partial charge in [-0.25, -0.2) is 4.98 Å². The van der Waals surface area contributed by atoms with Gasteiger partial charge in [0.1, 0.15) is 5.82 Å². The van der Waals surface area contributed by atoms with Crippen molar-refractivity contribution in [2.75, 3.05) is 50.8 Å². The number of rotatable bonds is 4. The Hall–Kier alpha value is -2.25. The van der Waals surface area contributed by atoms with E-state index in [0.29, 0.717) is 5.92 Å². The van der Waals surface area contributed by atoms with Crippen LogP contribution < -0.4 is 4.90 Å². The third-order valence-electron chi connectivity index (χ3n) is 5.33. The molecule has 2 aliphatic heterocycles. The number of fused-ring (bicyclic) bond motifs is 1. The third kappa shape index (κ3) is 3.78. The number of pyridine rings is 1. The van der Waals surface area contributed by atoms with Gasteiger partial charge in [0.05, 0.1) is 23.7 Å². The molecule has 7 heteroatoms. The van der Waals surface area contributed by atoms with Gasteiger partial charge >= 0.3 is 0 Å². The Bertz CT molecular complexity index is 791. The smallest absolute Gasteiger partial charge is 0.270 e. The van der Waals surface area contributed by atoms with Crippen LogP contribution in [0.3, 0.4) is 0 Å². The maximum Gasteiger partial charge on any atom is 0.270 e. The highest BCUT2D eigenvalue weighted by Crippen LogP contribution is 2.26. The molecule has 0 amide bonds. The second-order valence-corrected chi connectivity index (χ2v) is 7.17. The van der Waals surface area contributed by atoms with Crippen molar-refractivity contribution in [1.82, 2.24) is 9.88 Å². The maximum atomic E-state index is 10.9. The molecule has 1 aromatic heterocycles. The minimum Gasteiger partial charge on any atom is -0.379 e. The van der Waals surface area contributed by atoms with Crippen LogP contribution in [0.1, 0.15) is 12.8 Å². The van der Waals surface area contributed by atoms with Crippen LogP contribution in [0.15, 0.2) is 30.3 Å². The monoisotopic (exact) mass is 356 g/mol. The van der Waals surface area contributed by atoms with E-state index in [9.17, 15) is 10.1 Å². The molecular formula is C19H24N4O3. The zero-order chi connectivity index (χ0) is 17.9. The van der Waals surface area contributed by atoms with Gasteiger partial charge in [0.15, 0.2) is 0 Å². The van der Waals surface area contributed by atoms with E-state index < -0.39 is 0 Å². The second-order valence-electron chi connectivity index (χ2n) is 7.17. The fourth-order valence-corrected chi connectivity index (χ4v) is 3.96. The van der Waals surface area contributed by atoms with Gasteiger partial charge in [0.25, 0.3) is 5.69 Å². The van der Waals surface area contributed by atoms with Gasteiger partial charge in [0.2, 0.25) is 0 Å². The van der Waals surface area contributed by atoms with Crippen molar-refractivity contribution in [3.63, 3.8) is 0 Å². The van der Waals surface area contributed by atoms with Crippen LogP contribution >= 0.6 is 0 Å². The summed E-state index contributed by atoms with van der Waals surface area (Å²) in [6.45, 7) is 6.91. The van der Waals surface area contributed by atoms with Crippen molar-refractivity contribution in [1.29, 1.82) is 0 Å². The van der Waals surface area contributed by atoms with Gasteiger partial charge in [-0.15, -0.1) is 0 Å². The van der Waals surface area contributed by atoms with E-state index in [1.54, 1.807) is 12.1 Å². The lowest BCUT2D eigenvalue weighted by Gasteiger charge is -2.37. The Balaban J connectivity index is 1.47. The van der Waals surface area contributed by atoms with E-state index in [0.717, 1.165) is 62.7 Å². The number of nitrogens with zero attached hydrogens (tertiary/aromatic N) is 4. The molecule has 3 heterocycles. The first-order chi connectivity index (χ1) is 12.7. The van der Waals surface area contributed by atoms with Crippen molar-refractivity contribution in [2.24, 2.45) is 5.92 Å². The number of benzene rings is 1. The van der Waals surface area contributed by atoms with Crippen LogP contribution in [0.4, 0.5) is 11.5 Å². The first-order valence-electron chi connectivity index (χ1n) is 9.29. The number of hydrogen-bond donors (Lipinski definition) is 0. The molecule has 26 heavy (non-hydrogen) atoms. The molecule has 1 atom stereocenters. The van der Waals surface area contributed by atoms with Gasteiger partial charge in [-0.3, -0.25) is 15.0 Å². The predicted octanol–water partition coefficient (Wildman–Crippen LogP) is 2.69. The molecule has 0 radical (unpaired) electrons. The van der Waals surface area contributed by atoms with Gasteiger partial charge in [-0.1, -0.05) is 0 Å². The number of anilines is 1. The lowest BCUT2D eigenvalue weighted by molar-refractivity contribution is -0.384. The summed E-state index contributed by atoms with van der Waals surface area (Å²) < 4.78 is 5.44. The molecule has 0 spiro atoms. The van der Waals surface area contributed by atoms with Crippen molar-refractivity contribution in [3.8, 4) is 0 Å². The highest BCUT2D eigenvalue weighted by Gasteiger charge is 2.24. The predicted molar refractivity (Wildman–Crippen MR) is 101 cm³/mol. The number of piperidine rings is 1. The van der Waals surface area contributed by atoms with Crippen LogP contribution in [0.25, 0.3) is 10.9 Å². The Labute approximate surface area is 152 Å². The minimum absolute atomic E-state index is 0.107. The molecular weight excluding hydrogens is 332 g/mol. The molecule has 0 aliphatic carbocycles. The molecule has 4 rings (SSSR count). The van der Waals surface area contributed by atoms with E-state index in [4.69, 9.17) is 9.72 Å². The van der Waals surface area contributed by atoms with Gasteiger partial charge in [0, 0.05) is 50.2 Å². The van der Waals surface area contributed by atoms with E-state index in [-0.39, 0.29) is 10.6 Å². The summed E-state index contributed by atoms with van der Waals surface area (Å²) in [4.78, 5) is 20.2. The number of morpholine rings is 1. The topological polar surface area (TPSA) is 71.7 Å². The van der Waals surface area contributed by atoms with Crippen molar-refractivity contribution in [3.05, 3.63) is 40.4 Å². The van der Waals surface area contributed by atoms with Crippen molar-refractivity contribution < 1.29 is 9.66 Å². The third-order valence-corrected chi connectivity index (χ3v) is 5.33. The summed E-state index contributed by atoms with van der Waals surface area (Å²) in [5, 5.41) is 11.7. The lowest BCUT2D eigenvalue weighted by atomic mass is 9.97. The average Bonchev–Trinajstić information content (AvgIpc) is 2.68. The second kappa shape index (κ2) is 7.55. The standard InChI is InChI=1S/C19H24N4O3/c24-23(25)17-4-5-18-16(12-17)3-6-19(20-18)22-7-1-2-15(14-22)13-21-8-10-26-11-9-21/h3-6,12,15H,1-2,7-11,13-14H2. The summed E-state index contributed by atoms with van der Waals surface area (Å²) in [6.07, 6.45) is 2.43. The van der Waals surface area contributed by atoms with Gasteiger partial charge < -0.3 is 9.64 Å². The van der Waals surface area contributed by atoms with E-state index in [1.165, 1.54) is 18.9 Å². The summed E-state index contributed by atoms with van der Waals surface area (Å²) in [5.41, 5.74) is 0.916. The Morgan fingerprint density at radius 3 is 2.85 bits per heavy atom. The zero-order valence-corrected chi connectivity index (χ0v) is 14.8. The van der Waals surface area contributed by atoms with E-state index >= 15 is 0 Å². The van der Waals surface area contributed by atoms with Crippen LogP contribution in [0.5, 0.6) is 0 Å². The summed E-state index contributed by atoms with van der Waals surface area (Å²) in [6, 6.07) is 8.78. The number of hydrogen-bond acceptors (Lipinski definition) is 6. The number of non-ortho nitro benzene ring substituents is 1. The summed E-state index contributed by atoms with van der Waals surface area (Å²) in [5.74, 6) is 1.62. The first kappa shape index (κ1) is 17.2. The molecule has 0 saturated carbocycles. The SMILES string of the molecule is O=[N+]([O-])c1ccc2nc(N3CCCC(CN4CCOCC4)C3)ccc2c1. The molecule has 2 aliphatic rings. The van der Waals surface area contributed by atoms with Crippen LogP contribution in [0, 0.1) is 16.0 Å². The number of ether oxygens (including phenoxy) is 1. The number of nitro benzene ring substituents is 1. The number of aromatic nitrogens is 1. The molecule has 0 N–H and O–H groups in total. The molecule has 2 aromatic rings.